The molecule has 1 aromatic carbocycles. The number of hydrogen-bond donors (Lipinski definition) is 2. The molecule has 5 nitrogen and oxygen atoms in total. The molecule has 1 amide bonds. The van der Waals surface area contributed by atoms with Gasteiger partial charge in [-0.1, -0.05) is 12.1 Å². The Kier molecular flexibility index (Phi) is 3.29. The maximum absolute atomic E-state index is 11.2. The zero-order valence-electron chi connectivity index (χ0n) is 9.40. The number of rotatable bonds is 2. The Morgan fingerprint density at radius 3 is 2.72 bits per heavy atom. The van der Waals surface area contributed by atoms with Crippen LogP contribution >= 0.6 is 15.9 Å². The topological polar surface area (TPSA) is 79.3 Å². The fourth-order valence-corrected chi connectivity index (χ4v) is 2.09. The molecule has 6 heteroatoms. The molecule has 2 rings (SSSR count). The highest BCUT2D eigenvalue weighted by atomic mass is 79.9. The molecule has 0 saturated carbocycles. The summed E-state index contributed by atoms with van der Waals surface area (Å²) >= 11 is 3.31. The third-order valence-corrected chi connectivity index (χ3v) is 2.96. The summed E-state index contributed by atoms with van der Waals surface area (Å²) in [6.07, 6.45) is 0. The van der Waals surface area contributed by atoms with Gasteiger partial charge in [-0.2, -0.15) is 0 Å². The zero-order valence-corrected chi connectivity index (χ0v) is 11.0. The lowest BCUT2D eigenvalue weighted by molar-refractivity contribution is -0.114. The minimum absolute atomic E-state index is 0.102. The molecule has 2 N–H and O–H groups in total. The molecule has 0 spiro atoms. The van der Waals surface area contributed by atoms with Crippen LogP contribution in [0.3, 0.4) is 0 Å². The van der Waals surface area contributed by atoms with Crippen molar-refractivity contribution in [2.45, 2.75) is 6.92 Å². The van der Waals surface area contributed by atoms with Gasteiger partial charge in [0.25, 0.3) is 0 Å². The molecular formula is C12H9BrN2O3. The molecule has 0 aliphatic heterocycles. The summed E-state index contributed by atoms with van der Waals surface area (Å²) in [4.78, 5) is 26.4. The highest BCUT2D eigenvalue weighted by Crippen LogP contribution is 2.27. The van der Waals surface area contributed by atoms with Gasteiger partial charge in [-0.3, -0.25) is 4.79 Å². The Morgan fingerprint density at radius 2 is 2.11 bits per heavy atom. The Hall–Kier alpha value is -1.95. The summed E-state index contributed by atoms with van der Waals surface area (Å²) < 4.78 is 0.676. The maximum Gasteiger partial charge on any atom is 0.336 e. The first-order valence-corrected chi connectivity index (χ1v) is 5.88. The van der Waals surface area contributed by atoms with Crippen LogP contribution < -0.4 is 5.32 Å². The lowest BCUT2D eigenvalue weighted by Crippen LogP contribution is -2.09. The second-order valence-corrected chi connectivity index (χ2v) is 4.53. The number of nitrogens with zero attached hydrogens (tertiary/aromatic N) is 1. The van der Waals surface area contributed by atoms with Gasteiger partial charge < -0.3 is 10.4 Å². The first-order chi connectivity index (χ1) is 8.49. The van der Waals surface area contributed by atoms with Crippen molar-refractivity contribution in [3.8, 4) is 0 Å². The summed E-state index contributed by atoms with van der Waals surface area (Å²) in [5.41, 5.74) is 0.603. The Labute approximate surface area is 111 Å². The molecule has 0 unspecified atom stereocenters. The normalized spacial score (nSPS) is 10.3. The molecular weight excluding hydrogens is 300 g/mol. The van der Waals surface area contributed by atoms with Crippen LogP contribution in [0.1, 0.15) is 17.3 Å². The van der Waals surface area contributed by atoms with Gasteiger partial charge in [-0.25, -0.2) is 9.78 Å². The Balaban J connectivity index is 2.75. The van der Waals surface area contributed by atoms with Crippen molar-refractivity contribution in [1.29, 1.82) is 0 Å². The minimum atomic E-state index is -1.06. The summed E-state index contributed by atoms with van der Waals surface area (Å²) in [7, 11) is 0. The van der Waals surface area contributed by atoms with E-state index in [2.05, 4.69) is 26.2 Å². The molecule has 0 saturated heterocycles. The average molecular weight is 309 g/mol. The summed E-state index contributed by atoms with van der Waals surface area (Å²) in [5, 5.41) is 12.2. The lowest BCUT2D eigenvalue weighted by atomic mass is 10.1. The molecule has 0 radical (unpaired) electrons. The Bertz CT molecular complexity index is 655. The highest BCUT2D eigenvalue weighted by Gasteiger charge is 2.13. The molecule has 92 valence electrons. The van der Waals surface area contributed by atoms with Gasteiger partial charge in [-0.15, -0.1) is 0 Å². The largest absolute Gasteiger partial charge is 0.478 e. The molecule has 0 fully saturated rings. The second-order valence-electron chi connectivity index (χ2n) is 3.68. The van der Waals surface area contributed by atoms with Crippen LogP contribution in [0, 0.1) is 0 Å². The molecule has 0 aliphatic carbocycles. The van der Waals surface area contributed by atoms with Crippen molar-refractivity contribution < 1.29 is 14.7 Å². The van der Waals surface area contributed by atoms with Gasteiger partial charge in [0.15, 0.2) is 0 Å². The standard InChI is InChI=1S/C12H9BrN2O3/c1-6(16)14-10-5-8(12(17)18)7-3-2-4-9(13)11(7)15-10/h2-5H,1H3,(H,17,18)(H,14,15,16). The number of anilines is 1. The van der Waals surface area contributed by atoms with Gasteiger partial charge in [0, 0.05) is 16.8 Å². The number of carboxylic acids is 1. The van der Waals surface area contributed by atoms with Crippen LogP contribution in [0.4, 0.5) is 5.82 Å². The van der Waals surface area contributed by atoms with Crippen LogP contribution in [-0.4, -0.2) is 22.0 Å². The van der Waals surface area contributed by atoms with E-state index in [0.717, 1.165) is 0 Å². The van der Waals surface area contributed by atoms with Crippen molar-refractivity contribution in [3.63, 3.8) is 0 Å². The number of amides is 1. The first kappa shape index (κ1) is 12.5. The zero-order chi connectivity index (χ0) is 13.3. The van der Waals surface area contributed by atoms with Crippen LogP contribution in [0.25, 0.3) is 10.9 Å². The van der Waals surface area contributed by atoms with Gasteiger partial charge in [0.2, 0.25) is 5.91 Å². The van der Waals surface area contributed by atoms with Gasteiger partial charge in [0.05, 0.1) is 11.1 Å². The van der Waals surface area contributed by atoms with Crippen LogP contribution in [0.5, 0.6) is 0 Å². The summed E-state index contributed by atoms with van der Waals surface area (Å²) in [6.45, 7) is 1.34. The average Bonchev–Trinajstić information content (AvgIpc) is 2.28. The van der Waals surface area contributed by atoms with Gasteiger partial charge >= 0.3 is 5.97 Å². The predicted octanol–water partition coefficient (Wildman–Crippen LogP) is 2.65. The fraction of sp³-hybridized carbons (Fsp3) is 0.0833. The van der Waals surface area contributed by atoms with Gasteiger partial charge in [0.1, 0.15) is 5.82 Å². The van der Waals surface area contributed by atoms with Crippen LogP contribution in [0.2, 0.25) is 0 Å². The van der Waals surface area contributed by atoms with Crippen molar-refractivity contribution in [2.24, 2.45) is 0 Å². The van der Waals surface area contributed by atoms with E-state index in [1.54, 1.807) is 18.2 Å². The fourth-order valence-electron chi connectivity index (χ4n) is 1.63. The summed E-state index contributed by atoms with van der Waals surface area (Å²) in [5.74, 6) is -1.14. The van der Waals surface area contributed by atoms with E-state index in [-0.39, 0.29) is 17.3 Å². The maximum atomic E-state index is 11.2. The van der Waals surface area contributed by atoms with Crippen molar-refractivity contribution in [1.82, 2.24) is 4.98 Å². The van der Waals surface area contributed by atoms with E-state index in [1.165, 1.54) is 13.0 Å². The number of benzene rings is 1. The number of carboxylic acid groups (broad SMARTS) is 1. The quantitative estimate of drug-likeness (QED) is 0.894. The van der Waals surface area contributed by atoms with Crippen molar-refractivity contribution in [3.05, 3.63) is 34.3 Å². The summed E-state index contributed by atoms with van der Waals surface area (Å²) in [6, 6.07) is 6.52. The molecule has 0 atom stereocenters. The molecule has 1 aromatic heterocycles. The minimum Gasteiger partial charge on any atom is -0.478 e. The van der Waals surface area contributed by atoms with E-state index in [9.17, 15) is 14.7 Å². The van der Waals surface area contributed by atoms with E-state index in [1.807, 2.05) is 0 Å². The smallest absolute Gasteiger partial charge is 0.336 e. The lowest BCUT2D eigenvalue weighted by Gasteiger charge is -2.08. The third-order valence-electron chi connectivity index (χ3n) is 2.32. The third kappa shape index (κ3) is 2.33. The van der Waals surface area contributed by atoms with E-state index in [0.29, 0.717) is 15.4 Å². The number of aromatic nitrogens is 1. The monoisotopic (exact) mass is 308 g/mol. The molecule has 2 aromatic rings. The number of pyridine rings is 1. The predicted molar refractivity (Wildman–Crippen MR) is 70.7 cm³/mol. The number of fused-ring (bicyclic) bond motifs is 1. The number of aromatic carboxylic acids is 1. The van der Waals surface area contributed by atoms with Crippen molar-refractivity contribution in [2.75, 3.05) is 5.32 Å². The Morgan fingerprint density at radius 1 is 1.39 bits per heavy atom. The number of hydrogen-bond acceptors (Lipinski definition) is 3. The highest BCUT2D eigenvalue weighted by molar-refractivity contribution is 9.10. The molecule has 0 bridgehead atoms. The number of carbonyl (C=O) groups is 2. The molecule has 1 heterocycles. The van der Waals surface area contributed by atoms with Gasteiger partial charge in [-0.05, 0) is 28.1 Å². The van der Waals surface area contributed by atoms with Crippen LogP contribution in [0.15, 0.2) is 28.7 Å². The second kappa shape index (κ2) is 4.73. The number of para-hydroxylation sites is 1. The SMILES string of the molecule is CC(=O)Nc1cc(C(=O)O)c2cccc(Br)c2n1. The van der Waals surface area contributed by atoms with E-state index in [4.69, 9.17) is 0 Å². The first-order valence-electron chi connectivity index (χ1n) is 5.09. The van der Waals surface area contributed by atoms with Crippen LogP contribution in [-0.2, 0) is 4.79 Å². The van der Waals surface area contributed by atoms with E-state index >= 15 is 0 Å². The number of halogens is 1. The number of nitrogens with one attached hydrogen (secondary N) is 1. The molecule has 0 aliphatic rings. The van der Waals surface area contributed by atoms with E-state index < -0.39 is 5.97 Å². The molecule has 18 heavy (non-hydrogen) atoms. The number of carbonyl (C=O) groups excluding carboxylic acids is 1. The van der Waals surface area contributed by atoms with Crippen molar-refractivity contribution >= 4 is 44.5 Å².